The molecule has 0 heterocycles. The highest BCUT2D eigenvalue weighted by Crippen LogP contribution is 2.19. The van der Waals surface area contributed by atoms with Crippen LogP contribution in [0.25, 0.3) is 0 Å². The molecule has 0 spiro atoms. The van der Waals surface area contributed by atoms with Gasteiger partial charge in [-0.1, -0.05) is 26.2 Å². The number of carbonyl (C=O) groups excluding carboxylic acids is 1. The summed E-state index contributed by atoms with van der Waals surface area (Å²) in [6.45, 7) is 4.88. The molecule has 0 aliphatic rings. The van der Waals surface area contributed by atoms with E-state index in [9.17, 15) is 4.79 Å². The molecule has 2 nitrogen and oxygen atoms in total. The van der Waals surface area contributed by atoms with Crippen molar-refractivity contribution in [2.45, 2.75) is 46.0 Å². The molecule has 0 saturated carbocycles. The molecule has 0 amide bonds. The van der Waals surface area contributed by atoms with E-state index in [0.717, 1.165) is 29.9 Å². The lowest BCUT2D eigenvalue weighted by atomic mass is 10.0. The van der Waals surface area contributed by atoms with E-state index in [4.69, 9.17) is 16.3 Å². The first-order valence-electron chi connectivity index (χ1n) is 7.01. The van der Waals surface area contributed by atoms with Crippen LogP contribution in [0.5, 0.6) is 5.75 Å². The van der Waals surface area contributed by atoms with Crippen LogP contribution in [0, 0.1) is 6.92 Å². The second-order valence-electron chi connectivity index (χ2n) is 4.75. The molecule has 3 heteroatoms. The van der Waals surface area contributed by atoms with Crippen LogP contribution in [0.3, 0.4) is 0 Å². The number of aryl methyl sites for hydroxylation is 1. The van der Waals surface area contributed by atoms with Crippen LogP contribution in [-0.2, 0) is 0 Å². The summed E-state index contributed by atoms with van der Waals surface area (Å²) in [6.07, 6.45) is 5.17. The third-order valence-electron chi connectivity index (χ3n) is 3.09. The Labute approximate surface area is 121 Å². The van der Waals surface area contributed by atoms with Gasteiger partial charge in [0, 0.05) is 17.9 Å². The number of halogens is 1. The highest BCUT2D eigenvalue weighted by Gasteiger charge is 2.09. The van der Waals surface area contributed by atoms with E-state index in [1.165, 1.54) is 19.3 Å². The van der Waals surface area contributed by atoms with Crippen molar-refractivity contribution in [2.75, 3.05) is 12.5 Å². The van der Waals surface area contributed by atoms with Crippen LogP contribution in [0.2, 0.25) is 0 Å². The van der Waals surface area contributed by atoms with Crippen molar-refractivity contribution < 1.29 is 9.53 Å². The SMILES string of the molecule is CCCCCCOc1ccc(C(=O)CCCl)c(C)c1. The van der Waals surface area contributed by atoms with E-state index in [0.29, 0.717) is 12.3 Å². The summed E-state index contributed by atoms with van der Waals surface area (Å²) in [5.41, 5.74) is 1.71. The van der Waals surface area contributed by atoms with E-state index in [-0.39, 0.29) is 5.78 Å². The fourth-order valence-electron chi connectivity index (χ4n) is 1.98. The van der Waals surface area contributed by atoms with Crippen LogP contribution in [0.1, 0.15) is 54.9 Å². The van der Waals surface area contributed by atoms with Gasteiger partial charge in [-0.3, -0.25) is 4.79 Å². The quantitative estimate of drug-likeness (QED) is 0.371. The molecule has 0 atom stereocenters. The molecule has 0 saturated heterocycles. The van der Waals surface area contributed by atoms with Crippen LogP contribution >= 0.6 is 11.6 Å². The largest absolute Gasteiger partial charge is 0.494 e. The van der Waals surface area contributed by atoms with E-state index >= 15 is 0 Å². The summed E-state index contributed by atoms with van der Waals surface area (Å²) in [4.78, 5) is 11.8. The second-order valence-corrected chi connectivity index (χ2v) is 5.13. The van der Waals surface area contributed by atoms with Crippen molar-refractivity contribution >= 4 is 17.4 Å². The molecule has 0 N–H and O–H groups in total. The third-order valence-corrected chi connectivity index (χ3v) is 3.28. The van der Waals surface area contributed by atoms with Gasteiger partial charge in [-0.15, -0.1) is 11.6 Å². The molecule has 0 unspecified atom stereocenters. The Morgan fingerprint density at radius 2 is 2.05 bits per heavy atom. The average molecular weight is 283 g/mol. The van der Waals surface area contributed by atoms with Crippen molar-refractivity contribution in [3.05, 3.63) is 29.3 Å². The van der Waals surface area contributed by atoms with Crippen molar-refractivity contribution in [1.29, 1.82) is 0 Å². The first kappa shape index (κ1) is 16.0. The molecule has 0 fully saturated rings. The van der Waals surface area contributed by atoms with Gasteiger partial charge in [-0.2, -0.15) is 0 Å². The lowest BCUT2D eigenvalue weighted by molar-refractivity contribution is 0.0988. The number of hydrogen-bond donors (Lipinski definition) is 0. The Morgan fingerprint density at radius 3 is 2.68 bits per heavy atom. The summed E-state index contributed by atoms with van der Waals surface area (Å²) in [6, 6.07) is 5.64. The van der Waals surface area contributed by atoms with Crippen LogP contribution in [0.4, 0.5) is 0 Å². The monoisotopic (exact) mass is 282 g/mol. The number of ketones is 1. The highest BCUT2D eigenvalue weighted by molar-refractivity contribution is 6.19. The van der Waals surface area contributed by atoms with Crippen LogP contribution in [0.15, 0.2) is 18.2 Å². The third kappa shape index (κ3) is 5.65. The zero-order valence-corrected chi connectivity index (χ0v) is 12.6. The molecule has 0 bridgehead atoms. The fraction of sp³-hybridized carbons (Fsp3) is 0.562. The zero-order chi connectivity index (χ0) is 14.1. The van der Waals surface area contributed by atoms with Gasteiger partial charge in [-0.05, 0) is 37.1 Å². The molecule has 1 aromatic carbocycles. The second kappa shape index (κ2) is 8.98. The number of benzene rings is 1. The predicted octanol–water partition coefficient (Wildman–Crippen LogP) is 4.77. The molecule has 0 aromatic heterocycles. The Bertz CT molecular complexity index is 402. The number of unbranched alkanes of at least 4 members (excludes halogenated alkanes) is 3. The number of Topliss-reactive ketones (excluding diaryl/α,β-unsaturated/α-hetero) is 1. The van der Waals surface area contributed by atoms with Gasteiger partial charge >= 0.3 is 0 Å². The molecule has 1 rings (SSSR count). The number of hydrogen-bond acceptors (Lipinski definition) is 2. The molecule has 106 valence electrons. The zero-order valence-electron chi connectivity index (χ0n) is 11.9. The maximum atomic E-state index is 11.8. The summed E-state index contributed by atoms with van der Waals surface area (Å²) in [7, 11) is 0. The average Bonchev–Trinajstić information content (AvgIpc) is 2.39. The Hall–Kier alpha value is -1.02. The Balaban J connectivity index is 2.49. The summed E-state index contributed by atoms with van der Waals surface area (Å²) in [5.74, 6) is 1.31. The van der Waals surface area contributed by atoms with E-state index in [2.05, 4.69) is 6.92 Å². The molecule has 0 aliphatic carbocycles. The predicted molar refractivity (Wildman–Crippen MR) is 80.5 cm³/mol. The van der Waals surface area contributed by atoms with Gasteiger partial charge in [-0.25, -0.2) is 0 Å². The van der Waals surface area contributed by atoms with Gasteiger partial charge in [0.2, 0.25) is 0 Å². The lowest BCUT2D eigenvalue weighted by Gasteiger charge is -2.09. The maximum absolute atomic E-state index is 11.8. The van der Waals surface area contributed by atoms with Gasteiger partial charge in [0.1, 0.15) is 5.75 Å². The van der Waals surface area contributed by atoms with Crippen molar-refractivity contribution in [3.63, 3.8) is 0 Å². The number of carbonyl (C=O) groups is 1. The summed E-state index contributed by atoms with van der Waals surface area (Å²) < 4.78 is 5.69. The topological polar surface area (TPSA) is 26.3 Å². The van der Waals surface area contributed by atoms with Crippen LogP contribution < -0.4 is 4.74 Å². The standard InChI is InChI=1S/C16H23ClO2/c1-3-4-5-6-11-19-14-7-8-15(13(2)12-14)16(18)9-10-17/h7-8,12H,3-6,9-11H2,1-2H3. The molecule has 1 aromatic rings. The molecule has 0 aliphatic heterocycles. The Kier molecular flexibility index (Phi) is 7.57. The summed E-state index contributed by atoms with van der Waals surface area (Å²) in [5, 5.41) is 0. The minimum absolute atomic E-state index is 0.0991. The lowest BCUT2D eigenvalue weighted by Crippen LogP contribution is -2.03. The van der Waals surface area contributed by atoms with E-state index in [1.807, 2.05) is 25.1 Å². The smallest absolute Gasteiger partial charge is 0.164 e. The first-order chi connectivity index (χ1) is 9.19. The van der Waals surface area contributed by atoms with Gasteiger partial charge in [0.25, 0.3) is 0 Å². The van der Waals surface area contributed by atoms with Crippen molar-refractivity contribution in [2.24, 2.45) is 0 Å². The number of alkyl halides is 1. The highest BCUT2D eigenvalue weighted by atomic mass is 35.5. The molecular weight excluding hydrogens is 260 g/mol. The molecule has 0 radical (unpaired) electrons. The maximum Gasteiger partial charge on any atom is 0.164 e. The van der Waals surface area contributed by atoms with Crippen molar-refractivity contribution in [3.8, 4) is 5.75 Å². The van der Waals surface area contributed by atoms with Gasteiger partial charge < -0.3 is 4.74 Å². The number of rotatable bonds is 9. The van der Waals surface area contributed by atoms with Crippen LogP contribution in [-0.4, -0.2) is 18.3 Å². The summed E-state index contributed by atoms with van der Waals surface area (Å²) >= 11 is 5.59. The molecular formula is C16H23ClO2. The number of ether oxygens (including phenoxy) is 1. The fourth-order valence-corrected chi connectivity index (χ4v) is 2.15. The van der Waals surface area contributed by atoms with Crippen molar-refractivity contribution in [1.82, 2.24) is 0 Å². The van der Waals surface area contributed by atoms with Gasteiger partial charge in [0.05, 0.1) is 6.61 Å². The minimum atomic E-state index is 0.0991. The van der Waals surface area contributed by atoms with Gasteiger partial charge in [0.15, 0.2) is 5.78 Å². The molecule has 19 heavy (non-hydrogen) atoms. The van der Waals surface area contributed by atoms with E-state index in [1.54, 1.807) is 0 Å². The normalized spacial score (nSPS) is 10.5. The Morgan fingerprint density at radius 1 is 1.26 bits per heavy atom. The van der Waals surface area contributed by atoms with E-state index < -0.39 is 0 Å². The minimum Gasteiger partial charge on any atom is -0.494 e. The first-order valence-corrected chi connectivity index (χ1v) is 7.55.